The first-order valence-electron chi connectivity index (χ1n) is 6.66. The van der Waals surface area contributed by atoms with Crippen molar-refractivity contribution in [3.63, 3.8) is 0 Å². The quantitative estimate of drug-likeness (QED) is 0.899. The molecule has 0 spiro atoms. The lowest BCUT2D eigenvalue weighted by molar-refractivity contribution is -0.115. The molecule has 0 saturated heterocycles. The zero-order valence-electron chi connectivity index (χ0n) is 11.1. The molecule has 0 aliphatic carbocycles. The van der Waals surface area contributed by atoms with Gasteiger partial charge in [0.2, 0.25) is 5.91 Å². The summed E-state index contributed by atoms with van der Waals surface area (Å²) in [6.45, 7) is 1.17. The number of anilines is 2. The van der Waals surface area contributed by atoms with Crippen LogP contribution in [0.2, 0.25) is 0 Å². The van der Waals surface area contributed by atoms with E-state index in [-0.39, 0.29) is 5.91 Å². The van der Waals surface area contributed by atoms with Gasteiger partial charge in [0, 0.05) is 19.0 Å². The zero-order chi connectivity index (χ0) is 13.8. The van der Waals surface area contributed by atoms with Crippen molar-refractivity contribution in [2.24, 2.45) is 0 Å². The van der Waals surface area contributed by atoms with Gasteiger partial charge in [0.15, 0.2) is 0 Å². The summed E-state index contributed by atoms with van der Waals surface area (Å²) in [6.07, 6.45) is 0.481. The van der Waals surface area contributed by atoms with E-state index in [1.165, 1.54) is 0 Å². The van der Waals surface area contributed by atoms with E-state index < -0.39 is 0 Å². The topological polar surface area (TPSA) is 50.4 Å². The van der Waals surface area contributed by atoms with Gasteiger partial charge in [-0.25, -0.2) is 0 Å². The maximum atomic E-state index is 11.5. The molecule has 4 heteroatoms. The van der Waals surface area contributed by atoms with Crippen molar-refractivity contribution < 1.29 is 9.53 Å². The van der Waals surface area contributed by atoms with Crippen molar-refractivity contribution >= 4 is 17.3 Å². The number of fused-ring (bicyclic) bond motifs is 1. The monoisotopic (exact) mass is 268 g/mol. The van der Waals surface area contributed by atoms with Gasteiger partial charge in [0.25, 0.3) is 0 Å². The van der Waals surface area contributed by atoms with Gasteiger partial charge >= 0.3 is 0 Å². The summed E-state index contributed by atoms with van der Waals surface area (Å²) in [4.78, 5) is 11.5. The number of amides is 1. The molecule has 0 unspecified atom stereocenters. The molecule has 2 aromatic carbocycles. The number of nitrogens with one attached hydrogen (secondary N) is 2. The normalized spacial score (nSPS) is 13.7. The van der Waals surface area contributed by atoms with Gasteiger partial charge in [0.1, 0.15) is 12.4 Å². The number of carbonyl (C=O) groups is 1. The highest BCUT2D eigenvalue weighted by Gasteiger charge is 2.12. The minimum Gasteiger partial charge on any atom is -0.489 e. The van der Waals surface area contributed by atoms with E-state index in [2.05, 4.69) is 10.6 Å². The largest absolute Gasteiger partial charge is 0.489 e. The molecule has 4 nitrogen and oxygen atoms in total. The van der Waals surface area contributed by atoms with Crippen LogP contribution in [-0.4, -0.2) is 12.5 Å². The van der Waals surface area contributed by atoms with Gasteiger partial charge < -0.3 is 15.4 Å². The second-order valence-corrected chi connectivity index (χ2v) is 4.71. The fourth-order valence-electron chi connectivity index (χ4n) is 2.13. The lowest BCUT2D eigenvalue weighted by atomic mass is 10.2. The Morgan fingerprint density at radius 3 is 2.75 bits per heavy atom. The van der Waals surface area contributed by atoms with Gasteiger partial charge in [-0.1, -0.05) is 30.3 Å². The summed E-state index contributed by atoms with van der Waals surface area (Å²) in [5, 5.41) is 6.10. The summed E-state index contributed by atoms with van der Waals surface area (Å²) in [5.41, 5.74) is 2.84. The second-order valence-electron chi connectivity index (χ2n) is 4.71. The van der Waals surface area contributed by atoms with Crippen LogP contribution < -0.4 is 15.4 Å². The van der Waals surface area contributed by atoms with Crippen LogP contribution in [0, 0.1) is 0 Å². The van der Waals surface area contributed by atoms with E-state index in [0.717, 1.165) is 22.7 Å². The molecule has 0 atom stereocenters. The third kappa shape index (κ3) is 2.91. The summed E-state index contributed by atoms with van der Waals surface area (Å²) < 4.78 is 5.77. The van der Waals surface area contributed by atoms with Crippen molar-refractivity contribution in [1.29, 1.82) is 0 Å². The van der Waals surface area contributed by atoms with Crippen molar-refractivity contribution in [3.05, 3.63) is 54.1 Å². The molecule has 0 saturated carbocycles. The van der Waals surface area contributed by atoms with Crippen LogP contribution in [-0.2, 0) is 11.4 Å². The van der Waals surface area contributed by atoms with Crippen molar-refractivity contribution in [3.8, 4) is 5.75 Å². The second kappa shape index (κ2) is 5.65. The molecular weight excluding hydrogens is 252 g/mol. The lowest BCUT2D eigenvalue weighted by Crippen LogP contribution is -2.10. The molecule has 2 aromatic rings. The summed E-state index contributed by atoms with van der Waals surface area (Å²) >= 11 is 0. The SMILES string of the molecule is O=C1CCNc2cc(OCc3ccccc3)ccc2N1. The van der Waals surface area contributed by atoms with Gasteiger partial charge in [0.05, 0.1) is 11.4 Å². The van der Waals surface area contributed by atoms with Crippen LogP contribution >= 0.6 is 0 Å². The number of rotatable bonds is 3. The number of hydrogen-bond donors (Lipinski definition) is 2. The Labute approximate surface area is 117 Å². The standard InChI is InChI=1S/C16H16N2O2/c19-16-8-9-17-15-10-13(6-7-14(15)18-16)20-11-12-4-2-1-3-5-12/h1-7,10,17H,8-9,11H2,(H,18,19). The average Bonchev–Trinajstić information content (AvgIpc) is 2.66. The number of benzene rings is 2. The molecule has 0 fully saturated rings. The molecule has 0 aromatic heterocycles. The van der Waals surface area contributed by atoms with Crippen LogP contribution in [0.3, 0.4) is 0 Å². The average molecular weight is 268 g/mol. The molecule has 2 N–H and O–H groups in total. The highest BCUT2D eigenvalue weighted by molar-refractivity contribution is 5.96. The summed E-state index contributed by atoms with van der Waals surface area (Å²) in [6, 6.07) is 15.7. The Hall–Kier alpha value is -2.49. The van der Waals surface area contributed by atoms with Crippen molar-refractivity contribution in [1.82, 2.24) is 0 Å². The Morgan fingerprint density at radius 2 is 1.90 bits per heavy atom. The Balaban J connectivity index is 1.72. The van der Waals surface area contributed by atoms with Gasteiger partial charge in [-0.05, 0) is 17.7 Å². The maximum absolute atomic E-state index is 11.5. The van der Waals surface area contributed by atoms with Crippen molar-refractivity contribution in [2.45, 2.75) is 13.0 Å². The molecule has 1 aliphatic heterocycles. The van der Waals surface area contributed by atoms with Crippen LogP contribution in [0.4, 0.5) is 11.4 Å². The highest BCUT2D eigenvalue weighted by Crippen LogP contribution is 2.29. The first kappa shape index (κ1) is 12.5. The predicted molar refractivity (Wildman–Crippen MR) is 79.0 cm³/mol. The minimum absolute atomic E-state index is 0.0363. The number of carbonyl (C=O) groups excluding carboxylic acids is 1. The summed E-state index contributed by atoms with van der Waals surface area (Å²) in [7, 11) is 0. The fourth-order valence-corrected chi connectivity index (χ4v) is 2.13. The van der Waals surface area contributed by atoms with Crippen LogP contribution in [0.1, 0.15) is 12.0 Å². The molecule has 3 rings (SSSR count). The minimum atomic E-state index is 0.0363. The molecule has 0 radical (unpaired) electrons. The molecule has 102 valence electrons. The lowest BCUT2D eigenvalue weighted by Gasteiger charge is -2.11. The Morgan fingerprint density at radius 1 is 1.05 bits per heavy atom. The molecule has 1 aliphatic rings. The van der Waals surface area contributed by atoms with Gasteiger partial charge in [-0.2, -0.15) is 0 Å². The third-order valence-corrected chi connectivity index (χ3v) is 3.18. The molecule has 1 amide bonds. The Bertz CT molecular complexity index is 611. The van der Waals surface area contributed by atoms with Gasteiger partial charge in [-0.15, -0.1) is 0 Å². The van der Waals surface area contributed by atoms with Gasteiger partial charge in [-0.3, -0.25) is 4.79 Å². The first-order valence-corrected chi connectivity index (χ1v) is 6.66. The van der Waals surface area contributed by atoms with E-state index in [1.807, 2.05) is 48.5 Å². The van der Waals surface area contributed by atoms with E-state index in [4.69, 9.17) is 4.74 Å². The fraction of sp³-hybridized carbons (Fsp3) is 0.188. The molecular formula is C16H16N2O2. The summed E-state index contributed by atoms with van der Waals surface area (Å²) in [5.74, 6) is 0.824. The molecule has 0 bridgehead atoms. The van der Waals surface area contributed by atoms with E-state index >= 15 is 0 Å². The van der Waals surface area contributed by atoms with E-state index in [1.54, 1.807) is 0 Å². The number of ether oxygens (including phenoxy) is 1. The third-order valence-electron chi connectivity index (χ3n) is 3.18. The zero-order valence-corrected chi connectivity index (χ0v) is 11.1. The Kier molecular flexibility index (Phi) is 3.54. The predicted octanol–water partition coefficient (Wildman–Crippen LogP) is 3.02. The number of hydrogen-bond acceptors (Lipinski definition) is 3. The van der Waals surface area contributed by atoms with Crippen LogP contribution in [0.15, 0.2) is 48.5 Å². The molecule has 20 heavy (non-hydrogen) atoms. The maximum Gasteiger partial charge on any atom is 0.226 e. The smallest absolute Gasteiger partial charge is 0.226 e. The first-order chi connectivity index (χ1) is 9.81. The van der Waals surface area contributed by atoms with E-state index in [9.17, 15) is 4.79 Å². The van der Waals surface area contributed by atoms with Crippen LogP contribution in [0.5, 0.6) is 5.75 Å². The highest BCUT2D eigenvalue weighted by atomic mass is 16.5. The van der Waals surface area contributed by atoms with Crippen molar-refractivity contribution in [2.75, 3.05) is 17.2 Å². The van der Waals surface area contributed by atoms with Crippen LogP contribution in [0.25, 0.3) is 0 Å². The van der Waals surface area contributed by atoms with E-state index in [0.29, 0.717) is 19.6 Å². The molecule has 1 heterocycles.